The number of amides is 1. The first-order valence-electron chi connectivity index (χ1n) is 8.60. The van der Waals surface area contributed by atoms with Crippen molar-refractivity contribution in [3.05, 3.63) is 82.7 Å². The van der Waals surface area contributed by atoms with Crippen LogP contribution in [0.15, 0.2) is 65.5 Å². The third kappa shape index (κ3) is 3.27. The smallest absolute Gasteiger partial charge is 0.322 e. The Morgan fingerprint density at radius 1 is 1.11 bits per heavy atom. The lowest BCUT2D eigenvalue weighted by atomic mass is 10.2. The number of aromatic nitrogens is 4. The highest BCUT2D eigenvalue weighted by molar-refractivity contribution is 5.90. The van der Waals surface area contributed by atoms with Crippen LogP contribution in [0, 0.1) is 12.7 Å². The molecule has 0 aliphatic heterocycles. The van der Waals surface area contributed by atoms with Gasteiger partial charge in [0.1, 0.15) is 18.2 Å². The van der Waals surface area contributed by atoms with E-state index in [1.54, 1.807) is 19.1 Å². The Hall–Kier alpha value is -3.81. The molecule has 0 unspecified atom stereocenters. The van der Waals surface area contributed by atoms with Gasteiger partial charge in [-0.25, -0.2) is 23.3 Å². The predicted molar refractivity (Wildman–Crippen MR) is 102 cm³/mol. The maximum Gasteiger partial charge on any atom is 0.352 e. The lowest BCUT2D eigenvalue weighted by Gasteiger charge is -2.05. The lowest BCUT2D eigenvalue weighted by Crippen LogP contribution is -2.29. The third-order valence-electron chi connectivity index (χ3n) is 4.17. The molecule has 0 saturated heterocycles. The predicted octanol–water partition coefficient (Wildman–Crippen LogP) is 2.64. The average Bonchev–Trinajstić information content (AvgIpc) is 2.99. The second kappa shape index (κ2) is 7.07. The summed E-state index contributed by atoms with van der Waals surface area (Å²) < 4.78 is 16.1. The molecule has 2 aromatic carbocycles. The highest BCUT2D eigenvalue weighted by Gasteiger charge is 2.16. The van der Waals surface area contributed by atoms with Crippen molar-refractivity contribution in [1.82, 2.24) is 19.2 Å². The van der Waals surface area contributed by atoms with Gasteiger partial charge >= 0.3 is 5.69 Å². The molecule has 4 rings (SSSR count). The number of carbonyl (C=O) groups is 1. The van der Waals surface area contributed by atoms with Gasteiger partial charge in [-0.15, -0.1) is 5.10 Å². The van der Waals surface area contributed by atoms with Crippen LogP contribution in [-0.2, 0) is 11.3 Å². The van der Waals surface area contributed by atoms with Gasteiger partial charge in [-0.05, 0) is 19.1 Å². The van der Waals surface area contributed by atoms with Crippen LogP contribution in [0.1, 0.15) is 5.69 Å². The molecule has 0 saturated carbocycles. The van der Waals surface area contributed by atoms with E-state index >= 15 is 0 Å². The zero-order chi connectivity index (χ0) is 19.7. The molecule has 28 heavy (non-hydrogen) atoms. The van der Waals surface area contributed by atoms with Crippen LogP contribution in [-0.4, -0.2) is 25.1 Å². The van der Waals surface area contributed by atoms with E-state index < -0.39 is 17.4 Å². The van der Waals surface area contributed by atoms with E-state index in [-0.39, 0.29) is 12.2 Å². The first-order chi connectivity index (χ1) is 13.5. The maximum absolute atomic E-state index is 13.7. The number of carbonyl (C=O) groups excluding carboxylic acids is 1. The monoisotopic (exact) mass is 377 g/mol. The first kappa shape index (κ1) is 17.6. The molecule has 0 fully saturated rings. The minimum atomic E-state index is -0.554. The summed E-state index contributed by atoms with van der Waals surface area (Å²) in [7, 11) is 0. The number of hydrogen-bond donors (Lipinski definition) is 1. The molecule has 8 heteroatoms. The number of anilines is 1. The number of para-hydroxylation sites is 1. The molecule has 1 amide bonds. The largest absolute Gasteiger partial charge is 0.352 e. The van der Waals surface area contributed by atoms with E-state index in [0.717, 1.165) is 10.2 Å². The number of aryl methyl sites for hydroxylation is 1. The fourth-order valence-electron chi connectivity index (χ4n) is 2.93. The summed E-state index contributed by atoms with van der Waals surface area (Å²) in [6, 6.07) is 16.7. The molecule has 1 N–H and O–H groups in total. The molecule has 0 spiro atoms. The lowest BCUT2D eigenvalue weighted by molar-refractivity contribution is -0.117. The number of halogens is 1. The van der Waals surface area contributed by atoms with Crippen molar-refractivity contribution < 1.29 is 9.18 Å². The minimum Gasteiger partial charge on any atom is -0.322 e. The molecule has 2 heterocycles. The van der Waals surface area contributed by atoms with Gasteiger partial charge in [0, 0.05) is 17.3 Å². The van der Waals surface area contributed by atoms with E-state index in [0.29, 0.717) is 17.2 Å². The van der Waals surface area contributed by atoms with Crippen LogP contribution in [0.4, 0.5) is 10.1 Å². The van der Waals surface area contributed by atoms with E-state index in [1.807, 2.05) is 30.3 Å². The Kier molecular flexibility index (Phi) is 4.44. The van der Waals surface area contributed by atoms with E-state index in [2.05, 4.69) is 15.4 Å². The molecule has 0 bridgehead atoms. The van der Waals surface area contributed by atoms with Crippen molar-refractivity contribution in [2.24, 2.45) is 0 Å². The Bertz CT molecular complexity index is 1230. The van der Waals surface area contributed by atoms with Gasteiger partial charge in [0.2, 0.25) is 5.91 Å². The van der Waals surface area contributed by atoms with Crippen molar-refractivity contribution in [3.8, 4) is 11.4 Å². The number of fused-ring (bicyclic) bond motifs is 1. The van der Waals surface area contributed by atoms with Crippen LogP contribution in [0.25, 0.3) is 17.0 Å². The molecule has 0 aliphatic rings. The summed E-state index contributed by atoms with van der Waals surface area (Å²) in [5.74, 6) is -0.660. The zero-order valence-electron chi connectivity index (χ0n) is 15.0. The van der Waals surface area contributed by atoms with Gasteiger partial charge in [0.25, 0.3) is 0 Å². The van der Waals surface area contributed by atoms with Crippen LogP contribution in [0.5, 0.6) is 0 Å². The fourth-order valence-corrected chi connectivity index (χ4v) is 2.93. The van der Waals surface area contributed by atoms with Crippen LogP contribution in [0.3, 0.4) is 0 Å². The Morgan fingerprint density at radius 2 is 1.82 bits per heavy atom. The molecule has 140 valence electrons. The summed E-state index contributed by atoms with van der Waals surface area (Å²) in [5.41, 5.74) is 1.39. The molecule has 0 aliphatic carbocycles. The van der Waals surface area contributed by atoms with E-state index in [1.165, 1.54) is 22.6 Å². The van der Waals surface area contributed by atoms with Gasteiger partial charge in [-0.2, -0.15) is 0 Å². The number of rotatable bonds is 4. The molecule has 7 nitrogen and oxygen atoms in total. The number of hydrogen-bond acceptors (Lipinski definition) is 4. The van der Waals surface area contributed by atoms with Crippen LogP contribution in [0.2, 0.25) is 0 Å². The molecule has 4 aromatic rings. The normalized spacial score (nSPS) is 10.9. The topological polar surface area (TPSA) is 81.3 Å². The summed E-state index contributed by atoms with van der Waals surface area (Å²) in [4.78, 5) is 29.6. The van der Waals surface area contributed by atoms with Gasteiger partial charge < -0.3 is 5.32 Å². The van der Waals surface area contributed by atoms with Crippen LogP contribution < -0.4 is 11.0 Å². The zero-order valence-corrected chi connectivity index (χ0v) is 15.0. The van der Waals surface area contributed by atoms with Gasteiger partial charge in [-0.3, -0.25) is 4.79 Å². The number of nitrogens with one attached hydrogen (secondary N) is 1. The van der Waals surface area contributed by atoms with Gasteiger partial charge in [0.15, 0.2) is 5.65 Å². The number of nitrogens with zero attached hydrogens (tertiary/aromatic N) is 4. The average molecular weight is 377 g/mol. The van der Waals surface area contributed by atoms with Gasteiger partial charge in [-0.1, -0.05) is 42.5 Å². The molecular formula is C20H16FN5O2. The fraction of sp³-hybridized carbons (Fsp3) is 0.100. The SMILES string of the molecule is Cc1cc2nn(CC(=O)Nc3ccccc3F)c(=O)n2c(-c2ccccc2)n1. The minimum absolute atomic E-state index is 0.0480. The summed E-state index contributed by atoms with van der Waals surface area (Å²) >= 11 is 0. The highest BCUT2D eigenvalue weighted by Crippen LogP contribution is 2.17. The van der Waals surface area contributed by atoms with Crippen molar-refractivity contribution in [2.45, 2.75) is 13.5 Å². The van der Waals surface area contributed by atoms with E-state index in [9.17, 15) is 14.0 Å². The van der Waals surface area contributed by atoms with Crippen molar-refractivity contribution in [2.75, 3.05) is 5.32 Å². The second-order valence-corrected chi connectivity index (χ2v) is 6.25. The third-order valence-corrected chi connectivity index (χ3v) is 4.17. The molecule has 0 atom stereocenters. The summed E-state index contributed by atoms with van der Waals surface area (Å²) in [5, 5.41) is 6.69. The van der Waals surface area contributed by atoms with Crippen molar-refractivity contribution >= 4 is 17.2 Å². The van der Waals surface area contributed by atoms with E-state index in [4.69, 9.17) is 0 Å². The molecular weight excluding hydrogens is 361 g/mol. The quantitative estimate of drug-likeness (QED) is 0.593. The Labute approximate surface area is 159 Å². The molecule has 2 aromatic heterocycles. The Balaban J connectivity index is 1.71. The maximum atomic E-state index is 13.7. The molecule has 0 radical (unpaired) electrons. The number of benzene rings is 2. The Morgan fingerprint density at radius 3 is 2.57 bits per heavy atom. The second-order valence-electron chi connectivity index (χ2n) is 6.25. The van der Waals surface area contributed by atoms with Crippen molar-refractivity contribution in [3.63, 3.8) is 0 Å². The van der Waals surface area contributed by atoms with Crippen LogP contribution >= 0.6 is 0 Å². The summed E-state index contributed by atoms with van der Waals surface area (Å²) in [6.45, 7) is 1.46. The summed E-state index contributed by atoms with van der Waals surface area (Å²) in [6.07, 6.45) is 0. The van der Waals surface area contributed by atoms with Gasteiger partial charge in [0.05, 0.1) is 5.69 Å². The first-order valence-corrected chi connectivity index (χ1v) is 8.60. The standard InChI is InChI=1S/C20H16FN5O2/c1-13-11-17-24-25(12-18(27)23-16-10-6-5-9-15(16)21)20(28)26(17)19(22-13)14-7-3-2-4-8-14/h2-11H,12H2,1H3,(H,23,27). The highest BCUT2D eigenvalue weighted by atomic mass is 19.1. The van der Waals surface area contributed by atoms with Crippen molar-refractivity contribution in [1.29, 1.82) is 0 Å².